The maximum Gasteiger partial charge on any atom is 0.262 e. The van der Waals surface area contributed by atoms with Crippen LogP contribution in [0, 0.1) is 11.3 Å². The van der Waals surface area contributed by atoms with Crippen LogP contribution in [0.3, 0.4) is 0 Å². The van der Waals surface area contributed by atoms with Gasteiger partial charge in [0.1, 0.15) is 5.75 Å². The van der Waals surface area contributed by atoms with Crippen molar-refractivity contribution in [1.82, 2.24) is 4.90 Å². The minimum Gasteiger partial charge on any atom is -0.484 e. The van der Waals surface area contributed by atoms with Crippen LogP contribution in [0.4, 0.5) is 5.69 Å². The topological polar surface area (TPSA) is 82.4 Å². The molecule has 0 heterocycles. The zero-order chi connectivity index (χ0) is 19.6. The number of ether oxygens (including phenoxy) is 1. The summed E-state index contributed by atoms with van der Waals surface area (Å²) in [6, 6.07) is 15.9. The number of nitrogens with zero attached hydrogens (tertiary/aromatic N) is 2. The Morgan fingerprint density at radius 1 is 1.04 bits per heavy atom. The van der Waals surface area contributed by atoms with Crippen molar-refractivity contribution in [3.8, 4) is 11.8 Å². The minimum atomic E-state index is -0.293. The van der Waals surface area contributed by atoms with Crippen LogP contribution < -0.4 is 10.1 Å². The number of benzene rings is 2. The van der Waals surface area contributed by atoms with Gasteiger partial charge in [-0.05, 0) is 55.8 Å². The number of hydrogen-bond donors (Lipinski definition) is 1. The summed E-state index contributed by atoms with van der Waals surface area (Å²) in [6.45, 7) is 5.06. The van der Waals surface area contributed by atoms with Crippen molar-refractivity contribution in [3.63, 3.8) is 0 Å². The average Bonchev–Trinajstić information content (AvgIpc) is 2.69. The van der Waals surface area contributed by atoms with Crippen molar-refractivity contribution in [1.29, 1.82) is 5.26 Å². The maximum absolute atomic E-state index is 12.3. The number of carbonyl (C=O) groups excluding carboxylic acids is 2. The van der Waals surface area contributed by atoms with Crippen molar-refractivity contribution < 1.29 is 14.3 Å². The van der Waals surface area contributed by atoms with Crippen LogP contribution in [0.2, 0.25) is 0 Å². The normalized spacial score (nSPS) is 9.96. The van der Waals surface area contributed by atoms with Gasteiger partial charge in [0.25, 0.3) is 11.8 Å². The number of nitriles is 1. The highest BCUT2D eigenvalue weighted by molar-refractivity contribution is 5.96. The Morgan fingerprint density at radius 2 is 1.67 bits per heavy atom. The summed E-state index contributed by atoms with van der Waals surface area (Å²) >= 11 is 0. The first-order valence-corrected chi connectivity index (χ1v) is 8.85. The van der Waals surface area contributed by atoms with Crippen LogP contribution >= 0.6 is 0 Å². The third kappa shape index (κ3) is 5.86. The predicted molar refractivity (Wildman–Crippen MR) is 104 cm³/mol. The predicted octanol–water partition coefficient (Wildman–Crippen LogP) is 3.25. The molecule has 6 heteroatoms. The fourth-order valence-corrected chi connectivity index (χ4v) is 2.53. The van der Waals surface area contributed by atoms with Gasteiger partial charge in [0, 0.05) is 24.3 Å². The molecule has 0 aliphatic heterocycles. The molecule has 0 fully saturated rings. The standard InChI is InChI=1S/C21H23N3O3/c1-3-24(4-2)21(26)17-7-9-18(10-8-17)23-20(25)15-27-19-11-5-16(6-12-19)13-14-22/h5-12H,3-4,13,15H2,1-2H3,(H,23,25). The second-order valence-corrected chi connectivity index (χ2v) is 5.87. The molecule has 0 saturated heterocycles. The Kier molecular flexibility index (Phi) is 7.38. The van der Waals surface area contributed by atoms with Gasteiger partial charge in [-0.1, -0.05) is 12.1 Å². The summed E-state index contributed by atoms with van der Waals surface area (Å²) in [5, 5.41) is 11.4. The molecule has 2 aromatic carbocycles. The Morgan fingerprint density at radius 3 is 2.22 bits per heavy atom. The van der Waals surface area contributed by atoms with E-state index in [1.165, 1.54) is 0 Å². The molecule has 6 nitrogen and oxygen atoms in total. The molecule has 2 amide bonds. The lowest BCUT2D eigenvalue weighted by Gasteiger charge is -2.18. The smallest absolute Gasteiger partial charge is 0.262 e. The maximum atomic E-state index is 12.3. The van der Waals surface area contributed by atoms with E-state index < -0.39 is 0 Å². The van der Waals surface area contributed by atoms with Gasteiger partial charge in [-0.3, -0.25) is 9.59 Å². The van der Waals surface area contributed by atoms with Crippen molar-refractivity contribution >= 4 is 17.5 Å². The third-order valence-electron chi connectivity index (χ3n) is 4.04. The minimum absolute atomic E-state index is 0.0268. The highest BCUT2D eigenvalue weighted by Crippen LogP contribution is 2.14. The van der Waals surface area contributed by atoms with Crippen molar-refractivity contribution in [3.05, 3.63) is 59.7 Å². The largest absolute Gasteiger partial charge is 0.484 e. The van der Waals surface area contributed by atoms with Gasteiger partial charge in [-0.25, -0.2) is 0 Å². The lowest BCUT2D eigenvalue weighted by atomic mass is 10.1. The van der Waals surface area contributed by atoms with Crippen LogP contribution in [0.5, 0.6) is 5.75 Å². The quantitative estimate of drug-likeness (QED) is 0.778. The number of anilines is 1. The molecular weight excluding hydrogens is 342 g/mol. The lowest BCUT2D eigenvalue weighted by Crippen LogP contribution is -2.30. The van der Waals surface area contributed by atoms with Crippen LogP contribution in [0.1, 0.15) is 29.8 Å². The van der Waals surface area contributed by atoms with E-state index in [2.05, 4.69) is 11.4 Å². The van der Waals surface area contributed by atoms with E-state index in [1.54, 1.807) is 53.4 Å². The number of hydrogen-bond acceptors (Lipinski definition) is 4. The first-order valence-electron chi connectivity index (χ1n) is 8.85. The molecular formula is C21H23N3O3. The Labute approximate surface area is 159 Å². The van der Waals surface area contributed by atoms with Gasteiger partial charge in [0.2, 0.25) is 0 Å². The van der Waals surface area contributed by atoms with E-state index in [0.717, 1.165) is 5.56 Å². The molecule has 0 saturated carbocycles. The lowest BCUT2D eigenvalue weighted by molar-refractivity contribution is -0.118. The highest BCUT2D eigenvalue weighted by Gasteiger charge is 2.12. The first-order chi connectivity index (χ1) is 13.1. The first kappa shape index (κ1) is 20.0. The third-order valence-corrected chi connectivity index (χ3v) is 4.04. The Balaban J connectivity index is 1.86. The highest BCUT2D eigenvalue weighted by atomic mass is 16.5. The molecule has 0 unspecified atom stereocenters. The van der Waals surface area contributed by atoms with Gasteiger partial charge >= 0.3 is 0 Å². The van der Waals surface area contributed by atoms with Crippen molar-refractivity contribution in [2.45, 2.75) is 20.3 Å². The monoisotopic (exact) mass is 365 g/mol. The summed E-state index contributed by atoms with van der Waals surface area (Å²) in [6.07, 6.45) is 0.341. The molecule has 1 N–H and O–H groups in total. The molecule has 0 aromatic heterocycles. The van der Waals surface area contributed by atoms with E-state index in [9.17, 15) is 9.59 Å². The fourth-order valence-electron chi connectivity index (χ4n) is 2.53. The molecule has 0 radical (unpaired) electrons. The second-order valence-electron chi connectivity index (χ2n) is 5.87. The van der Waals surface area contributed by atoms with Gasteiger partial charge < -0.3 is 15.0 Å². The van der Waals surface area contributed by atoms with E-state index in [0.29, 0.717) is 36.5 Å². The SMILES string of the molecule is CCN(CC)C(=O)c1ccc(NC(=O)COc2ccc(CC#N)cc2)cc1. The molecule has 2 aromatic rings. The number of rotatable bonds is 8. The molecule has 0 spiro atoms. The second kappa shape index (κ2) is 9.97. The molecule has 27 heavy (non-hydrogen) atoms. The molecule has 0 aliphatic carbocycles. The van der Waals surface area contributed by atoms with Crippen LogP contribution in [-0.2, 0) is 11.2 Å². The number of carbonyl (C=O) groups is 2. The van der Waals surface area contributed by atoms with E-state index in [-0.39, 0.29) is 18.4 Å². The molecule has 0 bridgehead atoms. The zero-order valence-electron chi connectivity index (χ0n) is 15.6. The van der Waals surface area contributed by atoms with Crippen LogP contribution in [0.15, 0.2) is 48.5 Å². The molecule has 0 atom stereocenters. The van der Waals surface area contributed by atoms with Gasteiger partial charge in [-0.15, -0.1) is 0 Å². The Bertz CT molecular complexity index is 804. The summed E-state index contributed by atoms with van der Waals surface area (Å²) in [4.78, 5) is 26.0. The van der Waals surface area contributed by atoms with E-state index in [4.69, 9.17) is 10.00 Å². The Hall–Kier alpha value is -3.33. The average molecular weight is 365 g/mol. The summed E-state index contributed by atoms with van der Waals surface area (Å²) in [5.41, 5.74) is 2.09. The number of amides is 2. The van der Waals surface area contributed by atoms with E-state index >= 15 is 0 Å². The van der Waals surface area contributed by atoms with Crippen molar-refractivity contribution in [2.75, 3.05) is 25.0 Å². The van der Waals surface area contributed by atoms with Crippen molar-refractivity contribution in [2.24, 2.45) is 0 Å². The fraction of sp³-hybridized carbons (Fsp3) is 0.286. The molecule has 2 rings (SSSR count). The van der Waals surface area contributed by atoms with Gasteiger partial charge in [-0.2, -0.15) is 5.26 Å². The van der Waals surface area contributed by atoms with Gasteiger partial charge in [0.15, 0.2) is 6.61 Å². The summed E-state index contributed by atoms with van der Waals surface area (Å²) < 4.78 is 5.44. The van der Waals surface area contributed by atoms with Crippen LogP contribution in [-0.4, -0.2) is 36.4 Å². The molecule has 140 valence electrons. The summed E-state index contributed by atoms with van der Waals surface area (Å²) in [5.74, 6) is 0.243. The number of nitrogens with one attached hydrogen (secondary N) is 1. The van der Waals surface area contributed by atoms with Crippen LogP contribution in [0.25, 0.3) is 0 Å². The molecule has 0 aliphatic rings. The van der Waals surface area contributed by atoms with E-state index in [1.807, 2.05) is 13.8 Å². The van der Waals surface area contributed by atoms with Gasteiger partial charge in [0.05, 0.1) is 12.5 Å². The summed E-state index contributed by atoms with van der Waals surface area (Å²) in [7, 11) is 0. The zero-order valence-corrected chi connectivity index (χ0v) is 15.6.